The quantitative estimate of drug-likeness (QED) is 0.162. The lowest BCUT2D eigenvalue weighted by Crippen LogP contribution is -2.64. The minimum atomic E-state index is -0.295. The number of rotatable bonds is 2. The molecule has 60 heavy (non-hydrogen) atoms. The fraction of sp³-hybridized carbons (Fsp3) is 0.357. The van der Waals surface area contributed by atoms with Crippen molar-refractivity contribution in [3.05, 3.63) is 154 Å². The Bertz CT molecular complexity index is 2850. The SMILES string of the molecule is Cc1cccc(N2c3cc(C)ccc3B3c4cc(C(C)(C)C)cc5c4N(c4cc(N6c7ccccc7C7(C)CCc8ccccc8C67C)cc2c43)C2(C)CCCCC52C)c1. The minimum absolute atomic E-state index is 0.0203. The number of hydrogen-bond donors (Lipinski definition) is 0. The van der Waals surface area contributed by atoms with E-state index in [0.717, 1.165) is 12.8 Å². The molecule has 2 aliphatic carbocycles. The Hall–Kier alpha value is -5.22. The van der Waals surface area contributed by atoms with Gasteiger partial charge < -0.3 is 14.7 Å². The minimum Gasteiger partial charge on any atom is -0.335 e. The summed E-state index contributed by atoms with van der Waals surface area (Å²) < 4.78 is 0. The Morgan fingerprint density at radius 2 is 1.28 bits per heavy atom. The van der Waals surface area contributed by atoms with E-state index in [2.05, 4.69) is 192 Å². The van der Waals surface area contributed by atoms with Crippen LogP contribution >= 0.6 is 0 Å². The third kappa shape index (κ3) is 4.33. The summed E-state index contributed by atoms with van der Waals surface area (Å²) in [5.41, 5.74) is 23.4. The molecular weight excluding hydrogens is 725 g/mol. The Kier molecular flexibility index (Phi) is 7.19. The third-order valence-electron chi connectivity index (χ3n) is 17.3. The van der Waals surface area contributed by atoms with Crippen LogP contribution in [0.5, 0.6) is 0 Å². The molecule has 300 valence electrons. The van der Waals surface area contributed by atoms with Crippen LogP contribution in [-0.4, -0.2) is 12.3 Å². The lowest BCUT2D eigenvalue weighted by molar-refractivity contribution is 0.195. The second-order valence-electron chi connectivity index (χ2n) is 21.3. The zero-order chi connectivity index (χ0) is 41.3. The summed E-state index contributed by atoms with van der Waals surface area (Å²) in [5, 5.41) is 0. The van der Waals surface area contributed by atoms with Crippen molar-refractivity contribution < 1.29 is 0 Å². The number of aryl methyl sites for hydroxylation is 3. The van der Waals surface area contributed by atoms with E-state index in [4.69, 9.17) is 0 Å². The van der Waals surface area contributed by atoms with Crippen molar-refractivity contribution in [2.75, 3.05) is 14.7 Å². The molecule has 3 nitrogen and oxygen atoms in total. The summed E-state index contributed by atoms with van der Waals surface area (Å²) in [6.07, 6.45) is 7.14. The lowest BCUT2D eigenvalue weighted by Gasteiger charge is -2.54. The molecule has 0 aromatic heterocycles. The number of para-hydroxylation sites is 1. The predicted molar refractivity (Wildman–Crippen MR) is 255 cm³/mol. The third-order valence-corrected chi connectivity index (χ3v) is 17.3. The smallest absolute Gasteiger partial charge is 0.252 e. The molecule has 0 bridgehead atoms. The van der Waals surface area contributed by atoms with Gasteiger partial charge in [0, 0.05) is 50.6 Å². The van der Waals surface area contributed by atoms with Crippen molar-refractivity contribution in [2.45, 2.75) is 128 Å². The highest BCUT2D eigenvalue weighted by atomic mass is 15.3. The van der Waals surface area contributed by atoms with Gasteiger partial charge in [-0.1, -0.05) is 126 Å². The van der Waals surface area contributed by atoms with Gasteiger partial charge in [-0.05, 0) is 151 Å². The standard InChI is InChI=1S/C56H58BN3/c1-35-17-16-19-39(29-35)58-47-30-36(2)23-24-44(47)57-45-32-38(52(3,4)5)31-43-51(45)60(55(8)27-15-14-26-53(43,55)6)49-34-40(33-48(58)50(49)57)59-46-22-13-12-21-42(46)54(7)28-25-37-18-10-11-20-41(37)56(54,59)9/h10-13,16-24,29-34H,14-15,25-28H2,1-9H3. The number of benzene rings is 6. The Labute approximate surface area is 358 Å². The van der Waals surface area contributed by atoms with Crippen molar-refractivity contribution in [3.8, 4) is 0 Å². The van der Waals surface area contributed by atoms with Gasteiger partial charge in [-0.15, -0.1) is 0 Å². The van der Waals surface area contributed by atoms with Gasteiger partial charge in [-0.25, -0.2) is 0 Å². The molecule has 0 amide bonds. The van der Waals surface area contributed by atoms with Crippen LogP contribution in [0.2, 0.25) is 0 Å². The second kappa shape index (κ2) is 11.8. The summed E-state index contributed by atoms with van der Waals surface area (Å²) in [5.74, 6) is 0. The average Bonchev–Trinajstić information content (AvgIpc) is 3.57. The molecular formula is C56H58BN3. The second-order valence-corrected chi connectivity index (χ2v) is 21.3. The van der Waals surface area contributed by atoms with Crippen molar-refractivity contribution in [1.29, 1.82) is 0 Å². The van der Waals surface area contributed by atoms with E-state index in [9.17, 15) is 0 Å². The van der Waals surface area contributed by atoms with E-state index < -0.39 is 0 Å². The Morgan fingerprint density at radius 3 is 2.08 bits per heavy atom. The van der Waals surface area contributed by atoms with Gasteiger partial charge in [0.2, 0.25) is 0 Å². The van der Waals surface area contributed by atoms with Crippen LogP contribution in [0.25, 0.3) is 0 Å². The molecule has 6 aromatic rings. The van der Waals surface area contributed by atoms with E-state index in [1.165, 1.54) is 115 Å². The Balaban J connectivity index is 1.24. The topological polar surface area (TPSA) is 9.72 Å². The molecule has 0 saturated heterocycles. The molecule has 4 atom stereocenters. The van der Waals surface area contributed by atoms with Gasteiger partial charge in [-0.3, -0.25) is 0 Å². The van der Waals surface area contributed by atoms with Gasteiger partial charge in [0.25, 0.3) is 6.71 Å². The normalized spacial score (nSPS) is 26.5. The number of nitrogens with zero attached hydrogens (tertiary/aromatic N) is 3. The molecule has 4 heteroatoms. The van der Waals surface area contributed by atoms with E-state index in [0.29, 0.717) is 0 Å². The van der Waals surface area contributed by atoms with Crippen molar-refractivity contribution in [3.63, 3.8) is 0 Å². The number of anilines is 7. The van der Waals surface area contributed by atoms with Crippen LogP contribution in [0.3, 0.4) is 0 Å². The molecule has 6 aromatic carbocycles. The molecule has 0 radical (unpaired) electrons. The fourth-order valence-corrected chi connectivity index (χ4v) is 13.7. The molecule has 0 N–H and O–H groups in total. The van der Waals surface area contributed by atoms with E-state index in [1.807, 2.05) is 0 Å². The molecule has 12 rings (SSSR count). The van der Waals surface area contributed by atoms with Crippen molar-refractivity contribution in [1.82, 2.24) is 0 Å². The highest BCUT2D eigenvalue weighted by Crippen LogP contribution is 2.66. The van der Waals surface area contributed by atoms with Crippen LogP contribution < -0.4 is 31.1 Å². The summed E-state index contributed by atoms with van der Waals surface area (Å²) >= 11 is 0. The molecule has 1 fully saturated rings. The van der Waals surface area contributed by atoms with Gasteiger partial charge in [0.15, 0.2) is 0 Å². The average molecular weight is 784 g/mol. The Morgan fingerprint density at radius 1 is 0.550 bits per heavy atom. The molecule has 0 spiro atoms. The first-order valence-electron chi connectivity index (χ1n) is 22.8. The van der Waals surface area contributed by atoms with Gasteiger partial charge in [-0.2, -0.15) is 0 Å². The van der Waals surface area contributed by atoms with Crippen LogP contribution in [-0.2, 0) is 28.2 Å². The van der Waals surface area contributed by atoms with Crippen molar-refractivity contribution in [2.24, 2.45) is 0 Å². The van der Waals surface area contributed by atoms with Crippen LogP contribution in [0.1, 0.15) is 120 Å². The lowest BCUT2D eigenvalue weighted by atomic mass is 9.33. The summed E-state index contributed by atoms with van der Waals surface area (Å²) in [4.78, 5) is 8.36. The molecule has 4 aliphatic heterocycles. The fourth-order valence-electron chi connectivity index (χ4n) is 13.7. The molecule has 6 aliphatic rings. The molecule has 4 heterocycles. The maximum absolute atomic E-state index is 2.92. The van der Waals surface area contributed by atoms with E-state index in [-0.39, 0.29) is 34.0 Å². The highest BCUT2D eigenvalue weighted by molar-refractivity contribution is 7.00. The highest BCUT2D eigenvalue weighted by Gasteiger charge is 2.63. The maximum atomic E-state index is 2.92. The van der Waals surface area contributed by atoms with Gasteiger partial charge >= 0.3 is 0 Å². The number of fused-ring (bicyclic) bond motifs is 12. The predicted octanol–water partition coefficient (Wildman–Crippen LogP) is 12.2. The molecule has 1 saturated carbocycles. The van der Waals surface area contributed by atoms with Gasteiger partial charge in [0.1, 0.15) is 0 Å². The number of hydrogen-bond acceptors (Lipinski definition) is 3. The first-order chi connectivity index (χ1) is 28.7. The van der Waals surface area contributed by atoms with Crippen LogP contribution in [0.4, 0.5) is 39.8 Å². The summed E-state index contributed by atoms with van der Waals surface area (Å²) in [6.45, 7) is 22.2. The monoisotopic (exact) mass is 783 g/mol. The maximum Gasteiger partial charge on any atom is 0.252 e. The van der Waals surface area contributed by atoms with E-state index in [1.54, 1.807) is 5.56 Å². The first kappa shape index (κ1) is 36.6. The van der Waals surface area contributed by atoms with Crippen LogP contribution in [0, 0.1) is 13.8 Å². The van der Waals surface area contributed by atoms with Gasteiger partial charge in [0.05, 0.1) is 11.1 Å². The first-order valence-corrected chi connectivity index (χ1v) is 22.8. The van der Waals surface area contributed by atoms with Crippen molar-refractivity contribution >= 4 is 62.9 Å². The van der Waals surface area contributed by atoms with E-state index >= 15 is 0 Å². The molecule has 4 unspecified atom stereocenters. The zero-order valence-corrected chi connectivity index (χ0v) is 37.1. The zero-order valence-electron chi connectivity index (χ0n) is 37.1. The summed E-state index contributed by atoms with van der Waals surface area (Å²) in [7, 11) is 0. The summed E-state index contributed by atoms with van der Waals surface area (Å²) in [6, 6.07) is 45.8. The largest absolute Gasteiger partial charge is 0.335 e. The van der Waals surface area contributed by atoms with Crippen LogP contribution in [0.15, 0.2) is 115 Å².